The molecule has 1 unspecified atom stereocenters. The van der Waals surface area contributed by atoms with E-state index in [2.05, 4.69) is 19.9 Å². The molecular weight excluding hydrogens is 308 g/mol. The van der Waals surface area contributed by atoms with Gasteiger partial charge in [0.2, 0.25) is 11.9 Å². The van der Waals surface area contributed by atoms with Crippen LogP contribution in [0.5, 0.6) is 0 Å². The van der Waals surface area contributed by atoms with Crippen molar-refractivity contribution >= 4 is 11.9 Å². The number of aryl methyl sites for hydroxylation is 1. The molecule has 1 aliphatic rings. The van der Waals surface area contributed by atoms with Gasteiger partial charge in [0.15, 0.2) is 0 Å². The minimum Gasteiger partial charge on any atom is -0.348 e. The van der Waals surface area contributed by atoms with Crippen LogP contribution in [-0.4, -0.2) is 57.9 Å². The highest BCUT2D eigenvalue weighted by Gasteiger charge is 2.29. The highest BCUT2D eigenvalue weighted by atomic mass is 16.2. The normalized spacial score (nSPS) is 17.3. The summed E-state index contributed by atoms with van der Waals surface area (Å²) in [6.07, 6.45) is 2.72. The van der Waals surface area contributed by atoms with E-state index in [9.17, 15) is 9.59 Å². The number of imidazole rings is 1. The quantitative estimate of drug-likeness (QED) is 0.847. The summed E-state index contributed by atoms with van der Waals surface area (Å²) in [5.41, 5.74) is 2.29. The third kappa shape index (κ3) is 3.32. The number of carbonyl (C=O) groups is 1. The smallest absolute Gasteiger partial charge is 0.252 e. The Balaban J connectivity index is 1.70. The molecule has 1 fully saturated rings. The van der Waals surface area contributed by atoms with Crippen LogP contribution < -0.4 is 10.5 Å². The van der Waals surface area contributed by atoms with Gasteiger partial charge in [0, 0.05) is 44.9 Å². The molecule has 1 amide bonds. The highest BCUT2D eigenvalue weighted by molar-refractivity contribution is 5.79. The molecular formula is C16H22N6O2. The molecule has 24 heavy (non-hydrogen) atoms. The van der Waals surface area contributed by atoms with Gasteiger partial charge in [-0.05, 0) is 13.3 Å². The Kier molecular flexibility index (Phi) is 4.37. The van der Waals surface area contributed by atoms with E-state index in [-0.39, 0.29) is 17.4 Å². The van der Waals surface area contributed by atoms with Crippen LogP contribution in [0.4, 0.5) is 5.95 Å². The molecule has 0 spiro atoms. The maximum atomic E-state index is 12.5. The van der Waals surface area contributed by atoms with Crippen molar-refractivity contribution in [3.63, 3.8) is 0 Å². The summed E-state index contributed by atoms with van der Waals surface area (Å²) < 4.78 is 0. The first-order valence-electron chi connectivity index (χ1n) is 7.99. The molecule has 1 atom stereocenters. The number of amides is 1. The van der Waals surface area contributed by atoms with Crippen molar-refractivity contribution < 1.29 is 4.79 Å². The second kappa shape index (κ2) is 6.46. The van der Waals surface area contributed by atoms with Gasteiger partial charge < -0.3 is 14.8 Å². The number of H-pyrrole nitrogens is 2. The van der Waals surface area contributed by atoms with Gasteiger partial charge in [0.1, 0.15) is 0 Å². The van der Waals surface area contributed by atoms with E-state index in [0.29, 0.717) is 25.5 Å². The van der Waals surface area contributed by atoms with Gasteiger partial charge >= 0.3 is 0 Å². The highest BCUT2D eigenvalue weighted by Crippen LogP contribution is 2.26. The van der Waals surface area contributed by atoms with Gasteiger partial charge in [-0.1, -0.05) is 0 Å². The predicted octanol–water partition coefficient (Wildman–Crippen LogP) is 0.426. The van der Waals surface area contributed by atoms with Crippen LogP contribution in [0.3, 0.4) is 0 Å². The van der Waals surface area contributed by atoms with Crippen molar-refractivity contribution in [3.8, 4) is 0 Å². The number of hydrogen-bond donors (Lipinski definition) is 2. The van der Waals surface area contributed by atoms with E-state index in [4.69, 9.17) is 0 Å². The summed E-state index contributed by atoms with van der Waals surface area (Å²) in [7, 11) is 3.66. The van der Waals surface area contributed by atoms with Crippen LogP contribution in [0.2, 0.25) is 0 Å². The maximum absolute atomic E-state index is 12.5. The molecule has 1 aliphatic heterocycles. The van der Waals surface area contributed by atoms with Crippen molar-refractivity contribution in [1.29, 1.82) is 0 Å². The lowest BCUT2D eigenvalue weighted by Crippen LogP contribution is -2.30. The zero-order valence-corrected chi connectivity index (χ0v) is 14.2. The van der Waals surface area contributed by atoms with E-state index in [0.717, 1.165) is 23.5 Å². The molecule has 2 N–H and O–H groups in total. The Bertz CT molecular complexity index is 794. The lowest BCUT2D eigenvalue weighted by atomic mass is 10.1. The van der Waals surface area contributed by atoms with Gasteiger partial charge in [-0.25, -0.2) is 9.97 Å². The lowest BCUT2D eigenvalue weighted by Gasteiger charge is -2.17. The average molecular weight is 330 g/mol. The summed E-state index contributed by atoms with van der Waals surface area (Å²) in [5.74, 6) is 0.690. The van der Waals surface area contributed by atoms with Gasteiger partial charge in [-0.3, -0.25) is 14.6 Å². The number of nitrogens with zero attached hydrogens (tertiary/aromatic N) is 4. The number of aromatic amines is 2. The summed E-state index contributed by atoms with van der Waals surface area (Å²) in [6, 6.07) is 1.53. The van der Waals surface area contributed by atoms with Crippen LogP contribution in [0.1, 0.15) is 29.4 Å². The van der Waals surface area contributed by atoms with Gasteiger partial charge in [0.25, 0.3) is 5.56 Å². The number of hydrogen-bond acceptors (Lipinski definition) is 5. The molecule has 0 aliphatic carbocycles. The summed E-state index contributed by atoms with van der Waals surface area (Å²) in [5, 5.41) is 0. The van der Waals surface area contributed by atoms with Crippen molar-refractivity contribution in [1.82, 2.24) is 24.8 Å². The second-order valence-corrected chi connectivity index (χ2v) is 6.36. The maximum Gasteiger partial charge on any atom is 0.252 e. The zero-order chi connectivity index (χ0) is 17.3. The van der Waals surface area contributed by atoms with E-state index >= 15 is 0 Å². The van der Waals surface area contributed by atoms with E-state index in [1.165, 1.54) is 6.07 Å². The summed E-state index contributed by atoms with van der Waals surface area (Å²) in [4.78, 5) is 42.3. The van der Waals surface area contributed by atoms with Gasteiger partial charge in [0.05, 0.1) is 24.1 Å². The van der Waals surface area contributed by atoms with Crippen molar-refractivity contribution in [2.24, 2.45) is 0 Å². The van der Waals surface area contributed by atoms with E-state index < -0.39 is 0 Å². The minimum absolute atomic E-state index is 0.0605. The third-order valence-corrected chi connectivity index (χ3v) is 4.38. The topological polar surface area (TPSA) is 98.0 Å². The number of anilines is 1. The molecule has 0 bridgehead atoms. The molecule has 3 heterocycles. The molecule has 8 nitrogen and oxygen atoms in total. The SMILES string of the molecule is Cc1[nH]cnc1CC(=O)N1CCC(c2cc(=O)[nH]c(N(C)C)n2)C1. The fourth-order valence-corrected chi connectivity index (χ4v) is 2.93. The van der Waals surface area contributed by atoms with Crippen molar-refractivity contribution in [3.05, 3.63) is 39.8 Å². The summed E-state index contributed by atoms with van der Waals surface area (Å²) in [6.45, 7) is 3.18. The fourth-order valence-electron chi connectivity index (χ4n) is 2.93. The van der Waals surface area contributed by atoms with Crippen molar-refractivity contribution in [2.75, 3.05) is 32.1 Å². The largest absolute Gasteiger partial charge is 0.348 e. The Morgan fingerprint density at radius 3 is 2.92 bits per heavy atom. The molecule has 2 aromatic rings. The first kappa shape index (κ1) is 16.2. The lowest BCUT2D eigenvalue weighted by molar-refractivity contribution is -0.129. The van der Waals surface area contributed by atoms with Crippen LogP contribution in [0.15, 0.2) is 17.2 Å². The van der Waals surface area contributed by atoms with Crippen LogP contribution in [-0.2, 0) is 11.2 Å². The number of aromatic nitrogens is 4. The number of nitrogens with one attached hydrogen (secondary N) is 2. The predicted molar refractivity (Wildman–Crippen MR) is 90.2 cm³/mol. The van der Waals surface area contributed by atoms with Crippen LogP contribution in [0.25, 0.3) is 0 Å². The molecule has 128 valence electrons. The van der Waals surface area contributed by atoms with Crippen LogP contribution >= 0.6 is 0 Å². The molecule has 0 aromatic carbocycles. The molecule has 0 saturated carbocycles. The Morgan fingerprint density at radius 2 is 2.25 bits per heavy atom. The molecule has 3 rings (SSSR count). The standard InChI is InChI=1S/C16H22N6O2/c1-10-12(18-9-17-10)7-15(24)22-5-4-11(8-22)13-6-14(23)20-16(19-13)21(2)3/h6,9,11H,4-5,7-8H2,1-3H3,(H,17,18)(H,19,20,23). The Hall–Kier alpha value is -2.64. The molecule has 1 saturated heterocycles. The Labute approximate surface area is 139 Å². The van der Waals surface area contributed by atoms with Crippen LogP contribution in [0, 0.1) is 6.92 Å². The first-order chi connectivity index (χ1) is 11.4. The van der Waals surface area contributed by atoms with Gasteiger partial charge in [-0.2, -0.15) is 0 Å². The number of likely N-dealkylation sites (tertiary alicyclic amines) is 1. The number of rotatable bonds is 4. The average Bonchev–Trinajstić information content (AvgIpc) is 3.16. The second-order valence-electron chi connectivity index (χ2n) is 6.36. The minimum atomic E-state index is -0.166. The zero-order valence-electron chi connectivity index (χ0n) is 14.2. The fraction of sp³-hybridized carbons (Fsp3) is 0.500. The third-order valence-electron chi connectivity index (χ3n) is 4.38. The van der Waals surface area contributed by atoms with Gasteiger partial charge in [-0.15, -0.1) is 0 Å². The molecule has 2 aromatic heterocycles. The molecule has 8 heteroatoms. The first-order valence-corrected chi connectivity index (χ1v) is 7.99. The monoisotopic (exact) mass is 330 g/mol. The van der Waals surface area contributed by atoms with E-state index in [1.54, 1.807) is 11.2 Å². The van der Waals surface area contributed by atoms with Crippen molar-refractivity contribution in [2.45, 2.75) is 25.7 Å². The number of carbonyl (C=O) groups excluding carboxylic acids is 1. The molecule has 0 radical (unpaired) electrons. The van der Waals surface area contributed by atoms with E-state index in [1.807, 2.05) is 25.9 Å². The summed E-state index contributed by atoms with van der Waals surface area (Å²) >= 11 is 0. The Morgan fingerprint density at radius 1 is 1.46 bits per heavy atom.